The van der Waals surface area contributed by atoms with Crippen LogP contribution >= 0.6 is 0 Å². The van der Waals surface area contributed by atoms with Gasteiger partial charge in [0, 0.05) is 31.0 Å². The first kappa shape index (κ1) is 17.7. The van der Waals surface area contributed by atoms with Crippen LogP contribution in [0.15, 0.2) is 36.5 Å². The number of hydrogen-bond acceptors (Lipinski definition) is 4. The smallest absolute Gasteiger partial charge is 0.321 e. The van der Waals surface area contributed by atoms with Crippen molar-refractivity contribution in [1.29, 1.82) is 0 Å². The van der Waals surface area contributed by atoms with Crippen LogP contribution in [-0.4, -0.2) is 40.3 Å². The number of carbonyl (C=O) groups is 2. The predicted octanol–water partition coefficient (Wildman–Crippen LogP) is 1.23. The average molecular weight is 307 g/mol. The third-order valence-electron chi connectivity index (χ3n) is 2.88. The summed E-state index contributed by atoms with van der Waals surface area (Å²) in [6.07, 6.45) is 0.467. The van der Waals surface area contributed by atoms with Crippen molar-refractivity contribution in [3.8, 4) is 0 Å². The first-order valence-electron chi connectivity index (χ1n) is 6.83. The maximum atomic E-state index is 12.1. The summed E-state index contributed by atoms with van der Waals surface area (Å²) >= 11 is 0. The number of urea groups is 1. The molecule has 0 aliphatic heterocycles. The van der Waals surface area contributed by atoms with Crippen LogP contribution in [0.4, 0.5) is 4.79 Å². The lowest BCUT2D eigenvalue weighted by molar-refractivity contribution is 0.0706. The van der Waals surface area contributed by atoms with E-state index in [1.807, 2.05) is 0 Å². The minimum atomic E-state index is -0.594. The zero-order chi connectivity index (χ0) is 16.5. The molecule has 0 atom stereocenters. The molecular formula is C15H21N3O4. The molecule has 0 fully saturated rings. The van der Waals surface area contributed by atoms with Gasteiger partial charge in [-0.1, -0.05) is 18.7 Å². The van der Waals surface area contributed by atoms with Gasteiger partial charge >= 0.3 is 6.03 Å². The van der Waals surface area contributed by atoms with Crippen LogP contribution in [0, 0.1) is 0 Å². The number of aliphatic hydroxyl groups excluding tert-OH is 1. The van der Waals surface area contributed by atoms with Crippen molar-refractivity contribution >= 4 is 11.9 Å². The number of rotatable bonds is 7. The maximum Gasteiger partial charge on any atom is 0.321 e. The van der Waals surface area contributed by atoms with Crippen LogP contribution in [0.5, 0.6) is 0 Å². The van der Waals surface area contributed by atoms with Gasteiger partial charge in [-0.3, -0.25) is 10.0 Å². The molecule has 7 nitrogen and oxygen atoms in total. The van der Waals surface area contributed by atoms with E-state index in [1.54, 1.807) is 41.6 Å². The highest BCUT2D eigenvalue weighted by Crippen LogP contribution is 2.09. The SMILES string of the molecule is C=C(C)NC(=O)N(CCCO)Cc1ccc(C(=O)NO)cc1. The van der Waals surface area contributed by atoms with Crippen LogP contribution in [-0.2, 0) is 6.54 Å². The van der Waals surface area contributed by atoms with Gasteiger partial charge in [-0.05, 0) is 31.0 Å². The van der Waals surface area contributed by atoms with E-state index in [-0.39, 0.29) is 12.6 Å². The standard InChI is InChI=1S/C15H21N3O4/c1-11(2)16-15(21)18(8-3-9-19)10-12-4-6-13(7-5-12)14(20)17-22/h4-7,19,22H,1,3,8-10H2,2H3,(H,16,21)(H,17,20). The van der Waals surface area contributed by atoms with Crippen molar-refractivity contribution in [2.75, 3.05) is 13.2 Å². The fraction of sp³-hybridized carbons (Fsp3) is 0.333. The van der Waals surface area contributed by atoms with Gasteiger partial charge in [-0.2, -0.15) is 0 Å². The van der Waals surface area contributed by atoms with E-state index in [1.165, 1.54) is 0 Å². The highest BCUT2D eigenvalue weighted by molar-refractivity contribution is 5.93. The summed E-state index contributed by atoms with van der Waals surface area (Å²) in [5.74, 6) is -0.594. The Bertz CT molecular complexity index is 528. The highest BCUT2D eigenvalue weighted by Gasteiger charge is 2.14. The summed E-state index contributed by atoms with van der Waals surface area (Å²) < 4.78 is 0. The first-order chi connectivity index (χ1) is 10.5. The lowest BCUT2D eigenvalue weighted by Gasteiger charge is -2.23. The van der Waals surface area contributed by atoms with Crippen molar-refractivity contribution in [3.63, 3.8) is 0 Å². The number of hydroxylamine groups is 1. The topological polar surface area (TPSA) is 102 Å². The molecule has 0 saturated carbocycles. The van der Waals surface area contributed by atoms with Crippen molar-refractivity contribution in [1.82, 2.24) is 15.7 Å². The Morgan fingerprint density at radius 3 is 2.41 bits per heavy atom. The number of nitrogens with zero attached hydrogens (tertiary/aromatic N) is 1. The molecule has 0 radical (unpaired) electrons. The summed E-state index contributed by atoms with van der Waals surface area (Å²) in [5.41, 5.74) is 3.24. The Morgan fingerprint density at radius 1 is 1.27 bits per heavy atom. The highest BCUT2D eigenvalue weighted by atomic mass is 16.5. The fourth-order valence-electron chi connectivity index (χ4n) is 1.82. The molecular weight excluding hydrogens is 286 g/mol. The summed E-state index contributed by atoms with van der Waals surface area (Å²) in [7, 11) is 0. The van der Waals surface area contributed by atoms with Crippen LogP contribution < -0.4 is 10.8 Å². The zero-order valence-electron chi connectivity index (χ0n) is 12.5. The summed E-state index contributed by atoms with van der Waals surface area (Å²) in [4.78, 5) is 24.9. The van der Waals surface area contributed by atoms with Crippen molar-refractivity contribution < 1.29 is 19.9 Å². The molecule has 22 heavy (non-hydrogen) atoms. The molecule has 0 aromatic heterocycles. The van der Waals surface area contributed by atoms with E-state index in [0.717, 1.165) is 5.56 Å². The molecule has 0 spiro atoms. The molecule has 4 N–H and O–H groups in total. The van der Waals surface area contributed by atoms with E-state index in [0.29, 0.717) is 30.8 Å². The Hall–Kier alpha value is -2.38. The number of aliphatic hydroxyl groups is 1. The van der Waals surface area contributed by atoms with Gasteiger partial charge in [-0.15, -0.1) is 0 Å². The Kier molecular flexibility index (Phi) is 7.07. The summed E-state index contributed by atoms with van der Waals surface area (Å²) in [5, 5.41) is 20.1. The molecule has 0 aliphatic rings. The van der Waals surface area contributed by atoms with Gasteiger partial charge < -0.3 is 15.3 Å². The number of nitrogens with one attached hydrogen (secondary N) is 2. The monoisotopic (exact) mass is 307 g/mol. The molecule has 0 aliphatic carbocycles. The second kappa shape index (κ2) is 8.81. The van der Waals surface area contributed by atoms with Gasteiger partial charge in [0.05, 0.1) is 0 Å². The van der Waals surface area contributed by atoms with Gasteiger partial charge in [0.25, 0.3) is 5.91 Å². The molecule has 120 valence electrons. The van der Waals surface area contributed by atoms with Crippen molar-refractivity contribution in [3.05, 3.63) is 47.7 Å². The molecule has 7 heteroatoms. The Balaban J connectivity index is 2.77. The Labute approximate surface area is 129 Å². The van der Waals surface area contributed by atoms with Gasteiger partial charge in [-0.25, -0.2) is 10.3 Å². The van der Waals surface area contributed by atoms with Gasteiger partial charge in [0.1, 0.15) is 0 Å². The lowest BCUT2D eigenvalue weighted by Crippen LogP contribution is -2.39. The maximum absolute atomic E-state index is 12.1. The van der Waals surface area contributed by atoms with E-state index >= 15 is 0 Å². The molecule has 1 aromatic carbocycles. The van der Waals surface area contributed by atoms with Gasteiger partial charge in [0.15, 0.2) is 0 Å². The van der Waals surface area contributed by atoms with E-state index in [2.05, 4.69) is 11.9 Å². The van der Waals surface area contributed by atoms with Gasteiger partial charge in [0.2, 0.25) is 0 Å². The molecule has 1 rings (SSSR count). The lowest BCUT2D eigenvalue weighted by atomic mass is 10.1. The quantitative estimate of drug-likeness (QED) is 0.449. The van der Waals surface area contributed by atoms with Crippen LogP contribution in [0.2, 0.25) is 0 Å². The third kappa shape index (κ3) is 5.55. The molecule has 3 amide bonds. The third-order valence-corrected chi connectivity index (χ3v) is 2.88. The summed E-state index contributed by atoms with van der Waals surface area (Å²) in [6.45, 7) is 6.04. The minimum absolute atomic E-state index is 0.00748. The molecule has 0 bridgehead atoms. The van der Waals surface area contributed by atoms with E-state index < -0.39 is 5.91 Å². The van der Waals surface area contributed by atoms with Crippen LogP contribution in [0.1, 0.15) is 29.3 Å². The normalized spacial score (nSPS) is 9.95. The Morgan fingerprint density at radius 2 is 1.91 bits per heavy atom. The second-order valence-electron chi connectivity index (χ2n) is 4.85. The fourth-order valence-corrected chi connectivity index (χ4v) is 1.82. The van der Waals surface area contributed by atoms with Crippen LogP contribution in [0.25, 0.3) is 0 Å². The largest absolute Gasteiger partial charge is 0.396 e. The predicted molar refractivity (Wildman–Crippen MR) is 81.2 cm³/mol. The number of hydrogen-bond donors (Lipinski definition) is 4. The number of allylic oxidation sites excluding steroid dienone is 1. The molecule has 0 saturated heterocycles. The molecule has 1 aromatic rings. The minimum Gasteiger partial charge on any atom is -0.396 e. The second-order valence-corrected chi connectivity index (χ2v) is 4.85. The van der Waals surface area contributed by atoms with Crippen LogP contribution in [0.3, 0.4) is 0 Å². The van der Waals surface area contributed by atoms with Crippen molar-refractivity contribution in [2.24, 2.45) is 0 Å². The summed E-state index contributed by atoms with van der Waals surface area (Å²) in [6, 6.07) is 6.22. The number of benzene rings is 1. The molecule has 0 unspecified atom stereocenters. The van der Waals surface area contributed by atoms with Crippen molar-refractivity contribution in [2.45, 2.75) is 19.9 Å². The van der Waals surface area contributed by atoms with E-state index in [9.17, 15) is 9.59 Å². The molecule has 0 heterocycles. The number of carbonyl (C=O) groups excluding carboxylic acids is 2. The zero-order valence-corrected chi connectivity index (χ0v) is 12.5. The number of amides is 3. The van der Waals surface area contributed by atoms with E-state index in [4.69, 9.17) is 10.3 Å². The average Bonchev–Trinajstić information content (AvgIpc) is 2.50. The first-order valence-corrected chi connectivity index (χ1v) is 6.83.